The number of likely N-dealkylation sites (tertiary alicyclic amines) is 1. The molecule has 0 aromatic carbocycles. The topological polar surface area (TPSA) is 60.0 Å². The van der Waals surface area contributed by atoms with Gasteiger partial charge in [-0.15, -0.1) is 0 Å². The molecule has 3 heterocycles. The molecule has 6 nitrogen and oxygen atoms in total. The van der Waals surface area contributed by atoms with Gasteiger partial charge in [-0.05, 0) is 55.4 Å². The number of esters is 1. The van der Waals surface area contributed by atoms with Crippen molar-refractivity contribution < 1.29 is 19.0 Å². The summed E-state index contributed by atoms with van der Waals surface area (Å²) in [6.07, 6.45) is 3.12. The first-order valence-corrected chi connectivity index (χ1v) is 10.7. The van der Waals surface area contributed by atoms with E-state index in [2.05, 4.69) is 65.6 Å². The molecule has 3 fully saturated rings. The molecular formula is C22H40N2O4. The molecule has 28 heavy (non-hydrogen) atoms. The van der Waals surface area contributed by atoms with Gasteiger partial charge in [-0.3, -0.25) is 9.69 Å². The maximum Gasteiger partial charge on any atom is 0.320 e. The fraction of sp³-hybridized carbons (Fsp3) is 0.955. The second-order valence-electron chi connectivity index (χ2n) is 11.6. The van der Waals surface area contributed by atoms with Crippen molar-refractivity contribution in [2.75, 3.05) is 19.8 Å². The van der Waals surface area contributed by atoms with Gasteiger partial charge in [0.15, 0.2) is 5.79 Å². The standard InChI is InChI=1S/C22H40N2O4/c1-18(2)11-16(12-19(3,4)23-18)28-17(25)13-24-20(5,6)14-22(15-21(24,7)8)26-9-10-27-22/h16,23H,9-15H2,1-8H3. The van der Waals surface area contributed by atoms with Gasteiger partial charge in [0, 0.05) is 47.8 Å². The first-order chi connectivity index (χ1) is 12.6. The van der Waals surface area contributed by atoms with Gasteiger partial charge in [-0.1, -0.05) is 0 Å². The van der Waals surface area contributed by atoms with Crippen molar-refractivity contribution in [3.05, 3.63) is 0 Å². The van der Waals surface area contributed by atoms with E-state index in [-0.39, 0.29) is 34.2 Å². The Hall–Kier alpha value is -0.690. The van der Waals surface area contributed by atoms with Crippen LogP contribution in [-0.4, -0.2) is 64.7 Å². The highest BCUT2D eigenvalue weighted by atomic mass is 16.7. The van der Waals surface area contributed by atoms with E-state index >= 15 is 0 Å². The number of carbonyl (C=O) groups is 1. The van der Waals surface area contributed by atoms with Crippen LogP contribution in [-0.2, 0) is 19.0 Å². The van der Waals surface area contributed by atoms with Gasteiger partial charge < -0.3 is 19.5 Å². The van der Waals surface area contributed by atoms with E-state index in [0.717, 1.165) is 25.7 Å². The molecule has 1 spiro atoms. The lowest BCUT2D eigenvalue weighted by Gasteiger charge is -2.57. The Morgan fingerprint density at radius 1 is 0.929 bits per heavy atom. The Kier molecular flexibility index (Phi) is 5.45. The fourth-order valence-corrected chi connectivity index (χ4v) is 6.18. The third-order valence-corrected chi connectivity index (χ3v) is 6.42. The van der Waals surface area contributed by atoms with Crippen LogP contribution in [0.25, 0.3) is 0 Å². The van der Waals surface area contributed by atoms with E-state index in [4.69, 9.17) is 14.2 Å². The van der Waals surface area contributed by atoms with E-state index in [9.17, 15) is 4.79 Å². The lowest BCUT2D eigenvalue weighted by molar-refractivity contribution is -0.240. The zero-order chi connectivity index (χ0) is 21.0. The fourth-order valence-electron chi connectivity index (χ4n) is 6.18. The van der Waals surface area contributed by atoms with Gasteiger partial charge in [-0.25, -0.2) is 0 Å². The van der Waals surface area contributed by atoms with Crippen molar-refractivity contribution in [2.45, 2.75) is 115 Å². The van der Waals surface area contributed by atoms with Crippen molar-refractivity contribution in [2.24, 2.45) is 0 Å². The molecule has 0 aliphatic carbocycles. The second kappa shape index (κ2) is 6.93. The average molecular weight is 397 g/mol. The number of nitrogens with zero attached hydrogens (tertiary/aromatic N) is 1. The Balaban J connectivity index is 1.67. The van der Waals surface area contributed by atoms with Crippen molar-refractivity contribution in [3.63, 3.8) is 0 Å². The number of nitrogens with one attached hydrogen (secondary N) is 1. The van der Waals surface area contributed by atoms with E-state index in [1.54, 1.807) is 0 Å². The van der Waals surface area contributed by atoms with E-state index in [0.29, 0.717) is 19.8 Å². The van der Waals surface area contributed by atoms with Crippen molar-refractivity contribution >= 4 is 5.97 Å². The molecule has 0 unspecified atom stereocenters. The second-order valence-corrected chi connectivity index (χ2v) is 11.6. The quantitative estimate of drug-likeness (QED) is 0.739. The molecule has 0 aromatic heterocycles. The van der Waals surface area contributed by atoms with Crippen LogP contribution in [0.3, 0.4) is 0 Å². The molecule has 0 bridgehead atoms. The predicted octanol–water partition coefficient (Wildman–Crippen LogP) is 3.23. The minimum absolute atomic E-state index is 0.0418. The summed E-state index contributed by atoms with van der Waals surface area (Å²) in [4.78, 5) is 15.2. The van der Waals surface area contributed by atoms with Crippen LogP contribution in [0.1, 0.15) is 81.1 Å². The minimum atomic E-state index is -0.517. The van der Waals surface area contributed by atoms with Crippen LogP contribution >= 0.6 is 0 Å². The third-order valence-electron chi connectivity index (χ3n) is 6.42. The lowest BCUT2D eigenvalue weighted by atomic mass is 9.76. The molecule has 1 N–H and O–H groups in total. The summed E-state index contributed by atoms with van der Waals surface area (Å²) in [6.45, 7) is 19.0. The Labute approximate surface area is 170 Å². The smallest absolute Gasteiger partial charge is 0.320 e. The van der Waals surface area contributed by atoms with Crippen molar-refractivity contribution in [3.8, 4) is 0 Å². The largest absolute Gasteiger partial charge is 0.461 e. The molecule has 3 saturated heterocycles. The molecule has 0 radical (unpaired) electrons. The van der Waals surface area contributed by atoms with E-state index in [1.807, 2.05) is 0 Å². The summed E-state index contributed by atoms with van der Waals surface area (Å²) < 4.78 is 18.0. The lowest BCUT2D eigenvalue weighted by Crippen LogP contribution is -2.67. The summed E-state index contributed by atoms with van der Waals surface area (Å²) in [5.41, 5.74) is -0.532. The van der Waals surface area contributed by atoms with Gasteiger partial charge in [0.1, 0.15) is 6.10 Å². The summed E-state index contributed by atoms with van der Waals surface area (Å²) >= 11 is 0. The zero-order valence-corrected chi connectivity index (χ0v) is 19.1. The zero-order valence-electron chi connectivity index (χ0n) is 19.1. The first kappa shape index (κ1) is 22.0. The van der Waals surface area contributed by atoms with Crippen LogP contribution in [0.4, 0.5) is 0 Å². The van der Waals surface area contributed by atoms with Crippen molar-refractivity contribution in [1.29, 1.82) is 0 Å². The summed E-state index contributed by atoms with van der Waals surface area (Å²) in [5.74, 6) is -0.653. The number of hydrogen-bond donors (Lipinski definition) is 1. The first-order valence-electron chi connectivity index (χ1n) is 10.7. The normalized spacial score (nSPS) is 31.0. The van der Waals surface area contributed by atoms with Gasteiger partial charge in [0.25, 0.3) is 0 Å². The van der Waals surface area contributed by atoms with Crippen LogP contribution in [0.2, 0.25) is 0 Å². The maximum atomic E-state index is 12.9. The highest BCUT2D eigenvalue weighted by molar-refractivity contribution is 5.72. The molecule has 0 aromatic rings. The molecule has 0 saturated carbocycles. The molecule has 0 amide bonds. The Bertz CT molecular complexity index is 570. The van der Waals surface area contributed by atoms with Gasteiger partial charge in [0.2, 0.25) is 0 Å². The summed E-state index contributed by atoms with van der Waals surface area (Å²) in [7, 11) is 0. The highest BCUT2D eigenvalue weighted by Gasteiger charge is 2.55. The number of hydrogen-bond acceptors (Lipinski definition) is 6. The molecule has 0 atom stereocenters. The molecule has 3 rings (SSSR count). The van der Waals surface area contributed by atoms with Crippen LogP contribution in [0.5, 0.6) is 0 Å². The third kappa shape index (κ3) is 4.72. The SMILES string of the molecule is CC1(C)CC(OC(=O)CN2C(C)(C)CC3(CC2(C)C)OCCO3)CC(C)(C)N1. The molecule has 3 aliphatic heterocycles. The molecule has 3 aliphatic rings. The number of carbonyl (C=O) groups excluding carboxylic acids is 1. The van der Waals surface area contributed by atoms with E-state index < -0.39 is 5.79 Å². The van der Waals surface area contributed by atoms with Gasteiger partial charge >= 0.3 is 5.97 Å². The summed E-state index contributed by atoms with van der Waals surface area (Å²) in [5, 5.41) is 3.64. The molecular weight excluding hydrogens is 356 g/mol. The number of ether oxygens (including phenoxy) is 3. The van der Waals surface area contributed by atoms with Gasteiger partial charge in [-0.2, -0.15) is 0 Å². The highest BCUT2D eigenvalue weighted by Crippen LogP contribution is 2.47. The summed E-state index contributed by atoms with van der Waals surface area (Å²) in [6, 6.07) is 0. The average Bonchev–Trinajstić information content (AvgIpc) is 2.85. The monoisotopic (exact) mass is 396 g/mol. The molecule has 162 valence electrons. The Morgan fingerprint density at radius 2 is 1.39 bits per heavy atom. The minimum Gasteiger partial charge on any atom is -0.461 e. The van der Waals surface area contributed by atoms with Crippen LogP contribution < -0.4 is 5.32 Å². The number of piperidine rings is 2. The van der Waals surface area contributed by atoms with Gasteiger partial charge in [0.05, 0.1) is 19.8 Å². The van der Waals surface area contributed by atoms with Crippen LogP contribution in [0.15, 0.2) is 0 Å². The van der Waals surface area contributed by atoms with Crippen LogP contribution in [0, 0.1) is 0 Å². The number of rotatable bonds is 3. The van der Waals surface area contributed by atoms with Crippen molar-refractivity contribution in [1.82, 2.24) is 10.2 Å². The van der Waals surface area contributed by atoms with E-state index in [1.165, 1.54) is 0 Å². The molecule has 6 heteroatoms. The Morgan fingerprint density at radius 3 is 1.86 bits per heavy atom. The maximum absolute atomic E-state index is 12.9. The predicted molar refractivity (Wildman–Crippen MR) is 109 cm³/mol.